The molecule has 1 fully saturated rings. The molecule has 3 heterocycles. The zero-order valence-electron chi connectivity index (χ0n) is 20.6. The van der Waals surface area contributed by atoms with Gasteiger partial charge in [-0.1, -0.05) is 48.5 Å². The lowest BCUT2D eigenvalue weighted by Crippen LogP contribution is -2.44. The SMILES string of the molecule is C=C(O)/C=C(C)\C(Cl)=C/C.Cc1cnc2nc(N3CCC4(CC3)Cc3ccccc3[C@H]4N)[nH]c2n1. The molecule has 35 heavy (non-hydrogen) atoms. The number of halogens is 1. The van der Waals surface area contributed by atoms with Gasteiger partial charge in [0.15, 0.2) is 11.3 Å². The van der Waals surface area contributed by atoms with Crippen molar-refractivity contribution >= 4 is 28.8 Å². The lowest BCUT2D eigenvalue weighted by Gasteiger charge is -2.42. The van der Waals surface area contributed by atoms with Crippen LogP contribution in [0.1, 0.15) is 49.6 Å². The van der Waals surface area contributed by atoms with Crippen molar-refractivity contribution in [2.75, 3.05) is 18.0 Å². The number of aryl methyl sites for hydroxylation is 1. The Morgan fingerprint density at radius 1 is 1.29 bits per heavy atom. The van der Waals surface area contributed by atoms with E-state index in [1.54, 1.807) is 12.3 Å². The second-order valence-electron chi connectivity index (χ2n) is 9.40. The number of nitrogens with one attached hydrogen (secondary N) is 1. The van der Waals surface area contributed by atoms with E-state index in [4.69, 9.17) is 22.4 Å². The molecule has 1 aliphatic heterocycles. The average Bonchev–Trinajstić information content (AvgIpc) is 3.38. The highest BCUT2D eigenvalue weighted by atomic mass is 35.5. The molecule has 4 N–H and O–H groups in total. The summed E-state index contributed by atoms with van der Waals surface area (Å²) in [4.78, 5) is 19.1. The Bertz CT molecular complexity index is 1290. The third-order valence-electron chi connectivity index (χ3n) is 6.98. The van der Waals surface area contributed by atoms with Gasteiger partial charge in [0.25, 0.3) is 0 Å². The highest BCUT2D eigenvalue weighted by molar-refractivity contribution is 6.31. The number of fused-ring (bicyclic) bond motifs is 2. The molecule has 1 saturated heterocycles. The number of allylic oxidation sites excluding steroid dienone is 4. The highest BCUT2D eigenvalue weighted by Crippen LogP contribution is 2.50. The molecule has 1 aromatic carbocycles. The number of rotatable bonds is 3. The van der Waals surface area contributed by atoms with E-state index in [2.05, 4.69) is 55.7 Å². The van der Waals surface area contributed by atoms with Gasteiger partial charge in [-0.15, -0.1) is 0 Å². The van der Waals surface area contributed by atoms with Gasteiger partial charge in [-0.2, -0.15) is 4.98 Å². The number of anilines is 1. The molecule has 2 aliphatic rings. The monoisotopic (exact) mass is 492 g/mol. The van der Waals surface area contributed by atoms with Gasteiger partial charge in [-0.3, -0.25) is 0 Å². The maximum Gasteiger partial charge on any atom is 0.206 e. The van der Waals surface area contributed by atoms with Crippen molar-refractivity contribution in [2.45, 2.75) is 46.1 Å². The standard InChI is InChI=1S/C19H22N6.C8H11ClO/c1-12-11-21-16-17(22-12)24-18(23-16)25-8-6-19(7-9-25)10-13-4-2-3-5-14(13)15(19)20;1-4-8(9)6(2)5-7(3)10/h2-5,11,15H,6-10,20H2,1H3,(H,21,22,23,24);4-5,10H,3H2,1-2H3/b;6-5-,8-4+/t15-;/m1./s1. The van der Waals surface area contributed by atoms with Crippen molar-refractivity contribution in [2.24, 2.45) is 11.1 Å². The van der Waals surface area contributed by atoms with Crippen LogP contribution in [0.3, 0.4) is 0 Å². The first kappa shape index (κ1) is 24.9. The van der Waals surface area contributed by atoms with Crippen molar-refractivity contribution in [1.82, 2.24) is 19.9 Å². The van der Waals surface area contributed by atoms with Crippen LogP contribution >= 0.6 is 11.6 Å². The Balaban J connectivity index is 0.000000248. The summed E-state index contributed by atoms with van der Waals surface area (Å²) < 4.78 is 0. The number of benzene rings is 1. The summed E-state index contributed by atoms with van der Waals surface area (Å²) in [6.45, 7) is 10.8. The molecule has 0 saturated carbocycles. The highest BCUT2D eigenvalue weighted by Gasteiger charge is 2.46. The molecular formula is C27H33ClN6O. The normalized spacial score (nSPS) is 19.5. The lowest BCUT2D eigenvalue weighted by atomic mass is 9.73. The molecule has 3 aromatic rings. The van der Waals surface area contributed by atoms with E-state index in [0.717, 1.165) is 55.2 Å². The van der Waals surface area contributed by atoms with Gasteiger partial charge in [0.05, 0.1) is 11.9 Å². The summed E-state index contributed by atoms with van der Waals surface area (Å²) in [7, 11) is 0. The van der Waals surface area contributed by atoms with Gasteiger partial charge < -0.3 is 20.7 Å². The van der Waals surface area contributed by atoms with Crippen molar-refractivity contribution < 1.29 is 5.11 Å². The Morgan fingerprint density at radius 3 is 2.66 bits per heavy atom. The van der Waals surface area contributed by atoms with E-state index in [0.29, 0.717) is 10.7 Å². The number of aliphatic hydroxyl groups is 1. The molecule has 1 spiro atoms. The quantitative estimate of drug-likeness (QED) is 0.322. The molecule has 8 heteroatoms. The van der Waals surface area contributed by atoms with Crippen LogP contribution in [0.2, 0.25) is 0 Å². The summed E-state index contributed by atoms with van der Waals surface area (Å²) in [6.07, 6.45) is 8.30. The topological polar surface area (TPSA) is 104 Å². The molecule has 184 valence electrons. The number of aromatic nitrogens is 4. The minimum atomic E-state index is 0.0255. The second kappa shape index (κ2) is 10.2. The summed E-state index contributed by atoms with van der Waals surface area (Å²) in [5.41, 5.74) is 12.8. The molecule has 0 amide bonds. The number of aliphatic hydroxyl groups excluding tert-OH is 1. The van der Waals surface area contributed by atoms with Crippen molar-refractivity contribution in [3.05, 3.63) is 82.4 Å². The first-order valence-corrected chi connectivity index (χ1v) is 12.3. The van der Waals surface area contributed by atoms with E-state index >= 15 is 0 Å². The summed E-state index contributed by atoms with van der Waals surface area (Å²) in [5.74, 6) is 0.900. The number of H-pyrrole nitrogens is 1. The van der Waals surface area contributed by atoms with Crippen LogP contribution in [0.4, 0.5) is 5.95 Å². The fourth-order valence-corrected chi connectivity index (χ4v) is 5.09. The van der Waals surface area contributed by atoms with Crippen LogP contribution in [0.5, 0.6) is 0 Å². The number of nitrogens with two attached hydrogens (primary N) is 1. The van der Waals surface area contributed by atoms with E-state index < -0.39 is 0 Å². The molecule has 2 aromatic heterocycles. The second-order valence-corrected chi connectivity index (χ2v) is 9.81. The van der Waals surface area contributed by atoms with Crippen LogP contribution in [0, 0.1) is 12.3 Å². The maximum absolute atomic E-state index is 8.71. The van der Waals surface area contributed by atoms with Gasteiger partial charge in [0.1, 0.15) is 5.76 Å². The van der Waals surface area contributed by atoms with E-state index in [1.165, 1.54) is 17.2 Å². The van der Waals surface area contributed by atoms with Gasteiger partial charge in [-0.25, -0.2) is 9.97 Å². The summed E-state index contributed by atoms with van der Waals surface area (Å²) in [6, 6.07) is 8.79. The number of hydrogen-bond donors (Lipinski definition) is 3. The average molecular weight is 493 g/mol. The molecule has 0 radical (unpaired) electrons. The molecule has 1 aliphatic carbocycles. The first-order valence-electron chi connectivity index (χ1n) is 11.9. The van der Waals surface area contributed by atoms with Crippen LogP contribution < -0.4 is 10.6 Å². The Labute approximate surface area is 211 Å². The Morgan fingerprint density at radius 2 is 2.00 bits per heavy atom. The summed E-state index contributed by atoms with van der Waals surface area (Å²) >= 11 is 5.70. The van der Waals surface area contributed by atoms with Crippen molar-refractivity contribution in [1.29, 1.82) is 0 Å². The molecule has 0 unspecified atom stereocenters. The van der Waals surface area contributed by atoms with Crippen molar-refractivity contribution in [3.8, 4) is 0 Å². The maximum atomic E-state index is 8.71. The van der Waals surface area contributed by atoms with Crippen LogP contribution in [0.15, 0.2) is 65.6 Å². The number of imidazole rings is 1. The van der Waals surface area contributed by atoms with Crippen LogP contribution in [0.25, 0.3) is 11.3 Å². The minimum absolute atomic E-state index is 0.0255. The lowest BCUT2D eigenvalue weighted by molar-refractivity contribution is 0.187. The fraction of sp³-hybridized carbons (Fsp3) is 0.370. The first-order chi connectivity index (χ1) is 16.7. The number of piperidine rings is 1. The molecular weight excluding hydrogens is 460 g/mol. The third-order valence-corrected chi connectivity index (χ3v) is 7.50. The van der Waals surface area contributed by atoms with Crippen molar-refractivity contribution in [3.63, 3.8) is 0 Å². The molecule has 1 atom stereocenters. The van der Waals surface area contributed by atoms with Gasteiger partial charge in [0, 0.05) is 24.2 Å². The summed E-state index contributed by atoms with van der Waals surface area (Å²) in [5, 5.41) is 9.34. The fourth-order valence-electron chi connectivity index (χ4n) is 5.04. The third kappa shape index (κ3) is 5.26. The van der Waals surface area contributed by atoms with E-state index in [1.807, 2.05) is 20.8 Å². The zero-order chi connectivity index (χ0) is 25.2. The van der Waals surface area contributed by atoms with E-state index in [9.17, 15) is 0 Å². The molecule has 7 nitrogen and oxygen atoms in total. The largest absolute Gasteiger partial charge is 0.509 e. The van der Waals surface area contributed by atoms with Crippen LogP contribution in [-0.2, 0) is 6.42 Å². The van der Waals surface area contributed by atoms with Crippen LogP contribution in [-0.4, -0.2) is 38.1 Å². The molecule has 5 rings (SSSR count). The number of nitrogens with zero attached hydrogens (tertiary/aromatic N) is 4. The van der Waals surface area contributed by atoms with Gasteiger partial charge >= 0.3 is 0 Å². The zero-order valence-corrected chi connectivity index (χ0v) is 21.3. The van der Waals surface area contributed by atoms with E-state index in [-0.39, 0.29) is 17.2 Å². The Kier molecular flexibility index (Phi) is 7.28. The number of hydrogen-bond acceptors (Lipinski definition) is 6. The smallest absolute Gasteiger partial charge is 0.206 e. The molecule has 0 bridgehead atoms. The minimum Gasteiger partial charge on any atom is -0.509 e. The number of aromatic amines is 1. The van der Waals surface area contributed by atoms with Gasteiger partial charge in [0.2, 0.25) is 5.95 Å². The predicted octanol–water partition coefficient (Wildman–Crippen LogP) is 5.65. The van der Waals surface area contributed by atoms with Gasteiger partial charge in [-0.05, 0) is 68.2 Å². The Hall–Kier alpha value is -3.16. The predicted molar refractivity (Wildman–Crippen MR) is 143 cm³/mol.